The lowest BCUT2D eigenvalue weighted by molar-refractivity contribution is -0.128. The number of phenols is 1. The molecule has 7 heteroatoms. The molecule has 6 nitrogen and oxygen atoms in total. The third-order valence-electron chi connectivity index (χ3n) is 3.39. The number of carbonyl (C=O) groups excluding carboxylic acids is 2. The van der Waals surface area contributed by atoms with Gasteiger partial charge in [0.15, 0.2) is 0 Å². The fraction of sp³-hybridized carbons (Fsp3) is 0.133. The molecule has 1 aromatic carbocycles. The Morgan fingerprint density at radius 3 is 2.64 bits per heavy atom. The van der Waals surface area contributed by atoms with Gasteiger partial charge in [0.05, 0.1) is 12.2 Å². The van der Waals surface area contributed by atoms with Crippen molar-refractivity contribution < 1.29 is 19.1 Å². The number of aromatic hydroxyl groups is 1. The summed E-state index contributed by atoms with van der Waals surface area (Å²) in [6.07, 6.45) is 1.40. The first kappa shape index (κ1) is 14.0. The minimum absolute atomic E-state index is 0.0253. The van der Waals surface area contributed by atoms with Crippen LogP contribution in [0.25, 0.3) is 0 Å². The van der Waals surface area contributed by atoms with Crippen molar-refractivity contribution >= 4 is 11.9 Å². The van der Waals surface area contributed by atoms with Crippen LogP contribution in [0.3, 0.4) is 0 Å². The summed E-state index contributed by atoms with van der Waals surface area (Å²) >= 11 is 0. The highest BCUT2D eigenvalue weighted by Gasteiger charge is 2.39. The Morgan fingerprint density at radius 1 is 1.23 bits per heavy atom. The van der Waals surface area contributed by atoms with Crippen molar-refractivity contribution in [3.63, 3.8) is 0 Å². The van der Waals surface area contributed by atoms with E-state index < -0.39 is 23.8 Å². The number of benzene rings is 1. The molecular weight excluding hydrogens is 289 g/mol. The summed E-state index contributed by atoms with van der Waals surface area (Å²) in [5.41, 5.74) is 0.567. The van der Waals surface area contributed by atoms with Crippen LogP contribution in [0.4, 0.5) is 9.18 Å². The number of imide groups is 1. The fourth-order valence-corrected chi connectivity index (χ4v) is 2.25. The minimum atomic E-state index is -0.847. The second kappa shape index (κ2) is 5.44. The van der Waals surface area contributed by atoms with Gasteiger partial charge in [0.1, 0.15) is 17.6 Å². The molecular formula is C15H12FN3O3. The Kier molecular flexibility index (Phi) is 3.46. The predicted molar refractivity (Wildman–Crippen MR) is 74.1 cm³/mol. The van der Waals surface area contributed by atoms with Crippen LogP contribution in [0.1, 0.15) is 17.3 Å². The lowest BCUT2D eigenvalue weighted by Gasteiger charge is -2.13. The Labute approximate surface area is 125 Å². The van der Waals surface area contributed by atoms with Gasteiger partial charge in [-0.1, -0.05) is 12.1 Å². The van der Waals surface area contributed by atoms with Crippen LogP contribution < -0.4 is 5.32 Å². The highest BCUT2D eigenvalue weighted by atomic mass is 19.1. The number of rotatable bonds is 3. The number of pyridine rings is 1. The van der Waals surface area contributed by atoms with Crippen molar-refractivity contribution in [3.05, 3.63) is 59.7 Å². The first-order chi connectivity index (χ1) is 10.6. The van der Waals surface area contributed by atoms with Gasteiger partial charge in [-0.15, -0.1) is 0 Å². The monoisotopic (exact) mass is 301 g/mol. The average molecular weight is 301 g/mol. The summed E-state index contributed by atoms with van der Waals surface area (Å²) in [6.45, 7) is -0.230. The Hall–Kier alpha value is -2.96. The van der Waals surface area contributed by atoms with Crippen molar-refractivity contribution in [3.8, 4) is 5.75 Å². The van der Waals surface area contributed by atoms with Crippen LogP contribution >= 0.6 is 0 Å². The zero-order valence-electron chi connectivity index (χ0n) is 11.4. The zero-order chi connectivity index (χ0) is 15.7. The number of urea groups is 1. The maximum absolute atomic E-state index is 13.6. The molecule has 3 amide bonds. The summed E-state index contributed by atoms with van der Waals surface area (Å²) in [6, 6.07) is 7.15. The molecule has 112 valence electrons. The molecule has 1 atom stereocenters. The first-order valence-electron chi connectivity index (χ1n) is 6.56. The number of nitrogens with one attached hydrogen (secondary N) is 1. The van der Waals surface area contributed by atoms with Crippen LogP contribution in [0, 0.1) is 5.82 Å². The molecule has 1 fully saturated rings. The molecule has 0 bridgehead atoms. The van der Waals surface area contributed by atoms with E-state index in [1.54, 1.807) is 12.1 Å². The van der Waals surface area contributed by atoms with E-state index in [9.17, 15) is 19.1 Å². The van der Waals surface area contributed by atoms with E-state index in [0.717, 1.165) is 4.90 Å². The summed E-state index contributed by atoms with van der Waals surface area (Å²) in [5.74, 6) is -0.995. The summed E-state index contributed by atoms with van der Waals surface area (Å²) in [7, 11) is 0. The smallest absolute Gasteiger partial charge is 0.325 e. The molecule has 0 spiro atoms. The van der Waals surface area contributed by atoms with Crippen LogP contribution in [0.15, 0.2) is 42.6 Å². The molecule has 0 saturated carbocycles. The third kappa shape index (κ3) is 2.48. The quantitative estimate of drug-likeness (QED) is 0.846. The molecule has 1 aliphatic heterocycles. The van der Waals surface area contributed by atoms with Crippen LogP contribution in [-0.4, -0.2) is 26.9 Å². The third-order valence-corrected chi connectivity index (χ3v) is 3.39. The number of phenolic OH excluding ortho intramolecular Hbond substituents is 1. The van der Waals surface area contributed by atoms with Crippen molar-refractivity contribution in [1.29, 1.82) is 0 Å². The van der Waals surface area contributed by atoms with E-state index in [4.69, 9.17) is 0 Å². The molecule has 1 aliphatic rings. The molecule has 0 aliphatic carbocycles. The van der Waals surface area contributed by atoms with Crippen LogP contribution in [0.2, 0.25) is 0 Å². The van der Waals surface area contributed by atoms with Gasteiger partial charge in [-0.25, -0.2) is 9.18 Å². The maximum atomic E-state index is 13.6. The van der Waals surface area contributed by atoms with Crippen molar-refractivity contribution in [2.45, 2.75) is 12.6 Å². The molecule has 0 radical (unpaired) electrons. The van der Waals surface area contributed by atoms with Gasteiger partial charge in [-0.3, -0.25) is 14.7 Å². The number of aromatic nitrogens is 1. The number of nitrogens with zero attached hydrogens (tertiary/aromatic N) is 2. The van der Waals surface area contributed by atoms with E-state index in [2.05, 4.69) is 10.3 Å². The molecule has 3 rings (SSSR count). The molecule has 2 aromatic rings. The molecule has 0 unspecified atom stereocenters. The number of amides is 3. The maximum Gasteiger partial charge on any atom is 0.325 e. The second-order valence-corrected chi connectivity index (χ2v) is 4.83. The largest absolute Gasteiger partial charge is 0.508 e. The lowest BCUT2D eigenvalue weighted by Crippen LogP contribution is -2.31. The fourth-order valence-electron chi connectivity index (χ4n) is 2.25. The summed E-state index contributed by atoms with van der Waals surface area (Å²) < 4.78 is 13.6. The minimum Gasteiger partial charge on any atom is -0.508 e. The van der Waals surface area contributed by atoms with Crippen molar-refractivity contribution in [2.75, 3.05) is 0 Å². The summed E-state index contributed by atoms with van der Waals surface area (Å²) in [4.78, 5) is 29.0. The topological polar surface area (TPSA) is 82.5 Å². The first-order valence-corrected chi connectivity index (χ1v) is 6.56. The van der Waals surface area contributed by atoms with E-state index >= 15 is 0 Å². The molecule has 1 saturated heterocycles. The number of halogens is 1. The normalized spacial score (nSPS) is 17.7. The SMILES string of the molecule is O=C1N[C@H](c2ccc(O)cc2)C(=O)N1Cc1ncccc1F. The van der Waals surface area contributed by atoms with Gasteiger partial charge < -0.3 is 10.4 Å². The van der Waals surface area contributed by atoms with Gasteiger partial charge in [-0.05, 0) is 29.8 Å². The highest BCUT2D eigenvalue weighted by molar-refractivity contribution is 6.04. The van der Waals surface area contributed by atoms with Gasteiger partial charge in [0.2, 0.25) is 0 Å². The summed E-state index contributed by atoms with van der Waals surface area (Å²) in [5, 5.41) is 11.8. The second-order valence-electron chi connectivity index (χ2n) is 4.83. The van der Waals surface area contributed by atoms with Crippen molar-refractivity contribution in [2.24, 2.45) is 0 Å². The molecule has 2 N–H and O–H groups in total. The zero-order valence-corrected chi connectivity index (χ0v) is 11.4. The number of hydrogen-bond acceptors (Lipinski definition) is 4. The van der Waals surface area contributed by atoms with Crippen LogP contribution in [-0.2, 0) is 11.3 Å². The van der Waals surface area contributed by atoms with E-state index in [0.29, 0.717) is 5.56 Å². The predicted octanol–water partition coefficient (Wildman–Crippen LogP) is 1.72. The highest BCUT2D eigenvalue weighted by Crippen LogP contribution is 2.24. The van der Waals surface area contributed by atoms with E-state index in [1.807, 2.05) is 0 Å². The van der Waals surface area contributed by atoms with Gasteiger partial charge in [-0.2, -0.15) is 0 Å². The Morgan fingerprint density at radius 2 is 1.95 bits per heavy atom. The van der Waals surface area contributed by atoms with Gasteiger partial charge >= 0.3 is 6.03 Å². The van der Waals surface area contributed by atoms with Gasteiger partial charge in [0, 0.05) is 6.20 Å². The van der Waals surface area contributed by atoms with E-state index in [-0.39, 0.29) is 18.0 Å². The van der Waals surface area contributed by atoms with Crippen molar-refractivity contribution in [1.82, 2.24) is 15.2 Å². The Balaban J connectivity index is 1.83. The Bertz CT molecular complexity index is 733. The lowest BCUT2D eigenvalue weighted by atomic mass is 10.1. The van der Waals surface area contributed by atoms with Gasteiger partial charge in [0.25, 0.3) is 5.91 Å². The molecule has 1 aromatic heterocycles. The molecule has 2 heterocycles. The average Bonchev–Trinajstić information content (AvgIpc) is 2.78. The van der Waals surface area contributed by atoms with E-state index in [1.165, 1.54) is 30.5 Å². The number of hydrogen-bond donors (Lipinski definition) is 2. The van der Waals surface area contributed by atoms with Crippen LogP contribution in [0.5, 0.6) is 5.75 Å². The molecule has 22 heavy (non-hydrogen) atoms. The standard InChI is InChI=1S/C15H12FN3O3/c16-11-2-1-7-17-12(11)8-19-14(21)13(18-15(19)22)9-3-5-10(20)6-4-9/h1-7,13,20H,8H2,(H,18,22)/t13-/m1/s1. The number of carbonyl (C=O) groups is 2.